The summed E-state index contributed by atoms with van der Waals surface area (Å²) in [7, 11) is 0.0865. The van der Waals surface area contributed by atoms with E-state index in [1.807, 2.05) is 19.1 Å². The predicted octanol–water partition coefficient (Wildman–Crippen LogP) is 5.23. The van der Waals surface area contributed by atoms with Gasteiger partial charge in [-0.1, -0.05) is 6.92 Å². The first-order valence-electron chi connectivity index (χ1n) is 12.7. The van der Waals surface area contributed by atoms with Crippen molar-refractivity contribution in [2.45, 2.75) is 63.7 Å². The molecule has 8 nitrogen and oxygen atoms in total. The van der Waals surface area contributed by atoms with Crippen LogP contribution in [0.15, 0.2) is 36.7 Å². The van der Waals surface area contributed by atoms with E-state index < -0.39 is 28.4 Å². The van der Waals surface area contributed by atoms with Crippen LogP contribution < -0.4 is 10.0 Å². The van der Waals surface area contributed by atoms with Crippen LogP contribution in [0, 0.1) is 0 Å². The van der Waals surface area contributed by atoms with Gasteiger partial charge in [0.2, 0.25) is 16.0 Å². The Hall–Kier alpha value is -2.99. The largest absolute Gasteiger partial charge is 0.390 e. The quantitative estimate of drug-likeness (QED) is 0.376. The fraction of sp³-hybridized carbons (Fsp3) is 0.500. The van der Waals surface area contributed by atoms with Crippen molar-refractivity contribution in [1.82, 2.24) is 19.9 Å². The number of hydrogen-bond acceptors (Lipinski definition) is 7. The van der Waals surface area contributed by atoms with Crippen LogP contribution in [0.2, 0.25) is 0 Å². The Bertz CT molecular complexity index is 1360. The number of pyridine rings is 1. The van der Waals surface area contributed by atoms with E-state index >= 15 is 0 Å². The van der Waals surface area contributed by atoms with Crippen molar-refractivity contribution in [3.05, 3.63) is 42.2 Å². The maximum absolute atomic E-state index is 12.4. The van der Waals surface area contributed by atoms with Gasteiger partial charge >= 0.3 is 6.18 Å². The summed E-state index contributed by atoms with van der Waals surface area (Å²) in [5.41, 5.74) is 3.51. The van der Waals surface area contributed by atoms with Crippen LogP contribution in [-0.4, -0.2) is 66.4 Å². The molecule has 12 heteroatoms. The molecule has 0 atom stereocenters. The molecule has 1 fully saturated rings. The molecule has 0 saturated heterocycles. The normalized spacial score (nSPS) is 18.6. The van der Waals surface area contributed by atoms with Gasteiger partial charge < -0.3 is 10.2 Å². The van der Waals surface area contributed by atoms with E-state index in [-0.39, 0.29) is 5.82 Å². The third-order valence-corrected chi connectivity index (χ3v) is 8.18. The van der Waals surface area contributed by atoms with Gasteiger partial charge in [-0.2, -0.15) is 13.2 Å². The zero-order chi connectivity index (χ0) is 27.5. The molecular formula is C26H33F3N6O2S. The van der Waals surface area contributed by atoms with Crippen LogP contribution in [0.5, 0.6) is 0 Å². The summed E-state index contributed by atoms with van der Waals surface area (Å²) >= 11 is 0. The first-order chi connectivity index (χ1) is 17.9. The highest BCUT2D eigenvalue weighted by Crippen LogP contribution is 2.29. The first kappa shape index (κ1) is 28.0. The number of fused-ring (bicyclic) bond motifs is 1. The molecule has 0 unspecified atom stereocenters. The molecule has 1 saturated carbocycles. The Labute approximate surface area is 221 Å². The maximum Gasteiger partial charge on any atom is 0.390 e. The molecule has 38 heavy (non-hydrogen) atoms. The molecule has 206 valence electrons. The van der Waals surface area contributed by atoms with Gasteiger partial charge in [0.15, 0.2) is 0 Å². The molecule has 0 bridgehead atoms. The van der Waals surface area contributed by atoms with Crippen molar-refractivity contribution in [2.24, 2.45) is 0 Å². The summed E-state index contributed by atoms with van der Waals surface area (Å²) in [6, 6.07) is 8.05. The SMILES string of the molecule is CCc1cc(-c2ccc(NS(=O)(=O)CCC(F)(F)F)nc2)cc2cnc(NC3CCC(N(C)C)CC3)nc12. The number of hydrogen-bond donors (Lipinski definition) is 2. The van der Waals surface area contributed by atoms with E-state index in [0.717, 1.165) is 59.7 Å². The average molecular weight is 551 g/mol. The molecule has 1 aromatic carbocycles. The van der Waals surface area contributed by atoms with Crippen molar-refractivity contribution in [3.63, 3.8) is 0 Å². The van der Waals surface area contributed by atoms with E-state index in [2.05, 4.69) is 39.0 Å². The number of anilines is 2. The number of halogens is 3. The number of nitrogens with one attached hydrogen (secondary N) is 2. The van der Waals surface area contributed by atoms with E-state index in [1.165, 1.54) is 12.3 Å². The minimum Gasteiger partial charge on any atom is -0.351 e. The molecule has 3 aromatic rings. The fourth-order valence-electron chi connectivity index (χ4n) is 4.73. The second-order valence-electron chi connectivity index (χ2n) is 9.95. The lowest BCUT2D eigenvalue weighted by Gasteiger charge is -2.32. The van der Waals surface area contributed by atoms with Gasteiger partial charge in [0.05, 0.1) is 17.7 Å². The summed E-state index contributed by atoms with van der Waals surface area (Å²) in [5, 5.41) is 4.38. The van der Waals surface area contributed by atoms with E-state index in [1.54, 1.807) is 12.3 Å². The number of aryl methyl sites for hydroxylation is 1. The first-order valence-corrected chi connectivity index (χ1v) is 14.3. The highest BCUT2D eigenvalue weighted by atomic mass is 32.2. The number of rotatable bonds is 9. The van der Waals surface area contributed by atoms with Crippen LogP contribution >= 0.6 is 0 Å². The molecule has 0 radical (unpaired) electrons. The summed E-state index contributed by atoms with van der Waals surface area (Å²) in [4.78, 5) is 15.7. The Morgan fingerprint density at radius 2 is 1.76 bits per heavy atom. The Balaban J connectivity index is 1.48. The summed E-state index contributed by atoms with van der Waals surface area (Å²) in [6.07, 6.45) is 2.50. The van der Waals surface area contributed by atoms with Crippen LogP contribution in [0.25, 0.3) is 22.0 Å². The summed E-state index contributed by atoms with van der Waals surface area (Å²) in [5.74, 6) is -0.471. The second-order valence-corrected chi connectivity index (χ2v) is 11.8. The zero-order valence-corrected chi connectivity index (χ0v) is 22.5. The number of aromatic nitrogens is 3. The predicted molar refractivity (Wildman–Crippen MR) is 144 cm³/mol. The lowest BCUT2D eigenvalue weighted by atomic mass is 9.90. The van der Waals surface area contributed by atoms with Gasteiger partial charge in [0, 0.05) is 35.4 Å². The fourth-order valence-corrected chi connectivity index (χ4v) is 5.77. The lowest BCUT2D eigenvalue weighted by molar-refractivity contribution is -0.129. The Kier molecular flexibility index (Phi) is 8.41. The molecule has 2 aromatic heterocycles. The van der Waals surface area contributed by atoms with Gasteiger partial charge in [0.1, 0.15) is 5.82 Å². The van der Waals surface area contributed by atoms with E-state index in [0.29, 0.717) is 18.0 Å². The van der Waals surface area contributed by atoms with E-state index in [9.17, 15) is 21.6 Å². The van der Waals surface area contributed by atoms with Crippen molar-refractivity contribution < 1.29 is 21.6 Å². The molecule has 1 aliphatic carbocycles. The number of nitrogens with zero attached hydrogens (tertiary/aromatic N) is 4. The third kappa shape index (κ3) is 7.31. The highest BCUT2D eigenvalue weighted by molar-refractivity contribution is 7.92. The van der Waals surface area contributed by atoms with Gasteiger partial charge in [0.25, 0.3) is 0 Å². The van der Waals surface area contributed by atoms with Gasteiger partial charge in [-0.3, -0.25) is 4.72 Å². The van der Waals surface area contributed by atoms with Crippen LogP contribution in [0.4, 0.5) is 24.9 Å². The minimum atomic E-state index is -4.55. The molecule has 4 rings (SSSR count). The molecular weight excluding hydrogens is 517 g/mol. The third-order valence-electron chi connectivity index (χ3n) is 6.91. The van der Waals surface area contributed by atoms with Crippen LogP contribution in [0.1, 0.15) is 44.6 Å². The Morgan fingerprint density at radius 3 is 2.37 bits per heavy atom. The number of alkyl halides is 3. The number of sulfonamides is 1. The summed E-state index contributed by atoms with van der Waals surface area (Å²) < 4.78 is 63.2. The van der Waals surface area contributed by atoms with E-state index in [4.69, 9.17) is 4.98 Å². The Morgan fingerprint density at radius 1 is 1.03 bits per heavy atom. The van der Waals surface area contributed by atoms with Crippen molar-refractivity contribution in [3.8, 4) is 11.1 Å². The second kappa shape index (κ2) is 11.4. The van der Waals surface area contributed by atoms with Crippen LogP contribution in [0.3, 0.4) is 0 Å². The number of benzene rings is 1. The average Bonchev–Trinajstić information content (AvgIpc) is 2.87. The molecule has 0 aliphatic heterocycles. The standard InChI is InChI=1S/C26H33F3N6O2S/c1-4-17-13-19(18-5-10-23(30-15-18)34-38(36,37)12-11-26(27,28)29)14-20-16-31-25(33-24(17)20)32-21-6-8-22(9-7-21)35(2)3/h5,10,13-16,21-22H,4,6-9,11-12H2,1-3H3,(H,30,34)(H,31,32,33). The van der Waals surface area contributed by atoms with Gasteiger partial charge in [-0.15, -0.1) is 0 Å². The van der Waals surface area contributed by atoms with Crippen molar-refractivity contribution in [1.29, 1.82) is 0 Å². The molecule has 1 aliphatic rings. The lowest BCUT2D eigenvalue weighted by Crippen LogP contribution is -2.36. The maximum atomic E-state index is 12.4. The molecule has 0 spiro atoms. The van der Waals surface area contributed by atoms with Crippen LogP contribution in [-0.2, 0) is 16.4 Å². The smallest absolute Gasteiger partial charge is 0.351 e. The molecule has 2 N–H and O–H groups in total. The molecule has 0 amide bonds. The van der Waals surface area contributed by atoms with Crippen molar-refractivity contribution in [2.75, 3.05) is 29.9 Å². The monoisotopic (exact) mass is 550 g/mol. The topological polar surface area (TPSA) is 100 Å². The summed E-state index contributed by atoms with van der Waals surface area (Å²) in [6.45, 7) is 2.05. The highest BCUT2D eigenvalue weighted by Gasteiger charge is 2.30. The zero-order valence-electron chi connectivity index (χ0n) is 21.7. The van der Waals surface area contributed by atoms with Gasteiger partial charge in [-0.05, 0) is 81.6 Å². The minimum absolute atomic E-state index is 0.0360. The molecule has 2 heterocycles. The van der Waals surface area contributed by atoms with Crippen molar-refractivity contribution >= 4 is 32.7 Å². The van der Waals surface area contributed by atoms with Gasteiger partial charge in [-0.25, -0.2) is 23.4 Å².